The smallest absolute Gasteiger partial charge is 0.257 e. The minimum atomic E-state index is -0.103. The van der Waals surface area contributed by atoms with Crippen LogP contribution in [0.1, 0.15) is 41.6 Å². The summed E-state index contributed by atoms with van der Waals surface area (Å²) in [5, 5.41) is 9.88. The number of benzene rings is 1. The highest BCUT2D eigenvalue weighted by molar-refractivity contribution is 6.18. The van der Waals surface area contributed by atoms with Crippen molar-refractivity contribution in [2.24, 2.45) is 0 Å². The molecule has 1 unspecified atom stereocenters. The molecule has 104 valence electrons. The summed E-state index contributed by atoms with van der Waals surface area (Å²) in [5.41, 5.74) is 1.36. The van der Waals surface area contributed by atoms with Crippen LogP contribution < -0.4 is 0 Å². The van der Waals surface area contributed by atoms with Crippen molar-refractivity contribution in [3.63, 3.8) is 0 Å². The third-order valence-electron chi connectivity index (χ3n) is 3.70. The van der Waals surface area contributed by atoms with Crippen LogP contribution in [0.2, 0.25) is 0 Å². The maximum Gasteiger partial charge on any atom is 0.257 e. The van der Waals surface area contributed by atoms with Crippen molar-refractivity contribution in [1.29, 1.82) is 0 Å². The third kappa shape index (κ3) is 3.21. The topological polar surface area (TPSA) is 40.5 Å². The number of amides is 1. The van der Waals surface area contributed by atoms with Crippen LogP contribution >= 0.6 is 11.6 Å². The van der Waals surface area contributed by atoms with E-state index in [9.17, 15) is 9.90 Å². The zero-order valence-corrected chi connectivity index (χ0v) is 12.0. The third-order valence-corrected chi connectivity index (χ3v) is 4.05. The number of phenols is 1. The molecule has 19 heavy (non-hydrogen) atoms. The van der Waals surface area contributed by atoms with Crippen molar-refractivity contribution in [2.45, 2.75) is 38.6 Å². The molecule has 1 N–H and O–H groups in total. The van der Waals surface area contributed by atoms with Crippen LogP contribution in [0.5, 0.6) is 5.75 Å². The molecule has 0 spiro atoms. The Kier molecular flexibility index (Phi) is 4.70. The fourth-order valence-corrected chi connectivity index (χ4v) is 2.90. The molecule has 1 atom stereocenters. The molecular formula is C15H20ClNO2. The Morgan fingerprint density at radius 3 is 2.95 bits per heavy atom. The second kappa shape index (κ2) is 6.29. The molecule has 0 saturated carbocycles. The Labute approximate surface area is 119 Å². The number of alkyl halides is 1. The van der Waals surface area contributed by atoms with Crippen LogP contribution in [0.4, 0.5) is 0 Å². The first-order valence-corrected chi connectivity index (χ1v) is 7.33. The van der Waals surface area contributed by atoms with E-state index in [0.29, 0.717) is 11.4 Å². The quantitative estimate of drug-likeness (QED) is 0.845. The molecule has 0 aromatic heterocycles. The van der Waals surface area contributed by atoms with Crippen LogP contribution in [0.3, 0.4) is 0 Å². The van der Waals surface area contributed by atoms with Gasteiger partial charge in [-0.05, 0) is 31.9 Å². The van der Waals surface area contributed by atoms with Crippen molar-refractivity contribution in [3.8, 4) is 5.75 Å². The number of likely N-dealkylation sites (tertiary alicyclic amines) is 1. The van der Waals surface area contributed by atoms with Gasteiger partial charge in [0.25, 0.3) is 5.91 Å². The average molecular weight is 282 g/mol. The Morgan fingerprint density at radius 2 is 2.21 bits per heavy atom. The summed E-state index contributed by atoms with van der Waals surface area (Å²) in [6.07, 6.45) is 4.20. The summed E-state index contributed by atoms with van der Waals surface area (Å²) in [7, 11) is 0. The predicted octanol–water partition coefficient (Wildman–Crippen LogP) is 3.32. The Bertz CT molecular complexity index is 461. The molecule has 0 radical (unpaired) electrons. The fraction of sp³-hybridized carbons (Fsp3) is 0.533. The molecule has 1 amide bonds. The van der Waals surface area contributed by atoms with Gasteiger partial charge in [0.05, 0.1) is 5.56 Å². The summed E-state index contributed by atoms with van der Waals surface area (Å²) in [6, 6.07) is 5.20. The molecule has 1 fully saturated rings. The first kappa shape index (κ1) is 14.2. The number of phenolic OH excluding ortho intramolecular Hbond substituents is 1. The summed E-state index contributed by atoms with van der Waals surface area (Å²) in [4.78, 5) is 14.4. The lowest BCUT2D eigenvalue weighted by Gasteiger charge is -2.29. The minimum Gasteiger partial charge on any atom is -0.507 e. The van der Waals surface area contributed by atoms with Crippen LogP contribution in [-0.2, 0) is 0 Å². The number of nitrogens with zero attached hydrogens (tertiary/aromatic N) is 1. The van der Waals surface area contributed by atoms with E-state index in [1.54, 1.807) is 18.2 Å². The summed E-state index contributed by atoms with van der Waals surface area (Å²) in [6.45, 7) is 2.64. The Hall–Kier alpha value is -1.22. The molecular weight excluding hydrogens is 262 g/mol. The van der Waals surface area contributed by atoms with Crippen molar-refractivity contribution in [2.75, 3.05) is 12.4 Å². The van der Waals surface area contributed by atoms with E-state index in [0.717, 1.165) is 37.8 Å². The van der Waals surface area contributed by atoms with Gasteiger partial charge < -0.3 is 10.0 Å². The minimum absolute atomic E-state index is 0.0492. The van der Waals surface area contributed by atoms with Gasteiger partial charge in [0.2, 0.25) is 0 Å². The van der Waals surface area contributed by atoms with Gasteiger partial charge in [0.15, 0.2) is 0 Å². The molecule has 0 bridgehead atoms. The molecule has 2 rings (SSSR count). The SMILES string of the molecule is Cc1ccc(O)c(C(=O)N2CCCCCC2CCl)c1. The van der Waals surface area contributed by atoms with E-state index < -0.39 is 0 Å². The highest BCUT2D eigenvalue weighted by Crippen LogP contribution is 2.25. The van der Waals surface area contributed by atoms with Crippen LogP contribution in [-0.4, -0.2) is 34.4 Å². The van der Waals surface area contributed by atoms with Crippen molar-refractivity contribution < 1.29 is 9.90 Å². The molecule has 1 aliphatic heterocycles. The predicted molar refractivity (Wildman–Crippen MR) is 76.9 cm³/mol. The lowest BCUT2D eigenvalue weighted by Crippen LogP contribution is -2.41. The Balaban J connectivity index is 2.27. The maximum absolute atomic E-state index is 12.6. The first-order valence-electron chi connectivity index (χ1n) is 6.80. The van der Waals surface area contributed by atoms with Crippen molar-refractivity contribution in [1.82, 2.24) is 4.90 Å². The fourth-order valence-electron chi connectivity index (χ4n) is 2.58. The van der Waals surface area contributed by atoms with Gasteiger partial charge in [-0.3, -0.25) is 4.79 Å². The summed E-state index contributed by atoms with van der Waals surface area (Å²) >= 11 is 5.99. The monoisotopic (exact) mass is 281 g/mol. The van der Waals surface area contributed by atoms with E-state index in [-0.39, 0.29) is 17.7 Å². The summed E-state index contributed by atoms with van der Waals surface area (Å²) in [5.74, 6) is 0.403. The summed E-state index contributed by atoms with van der Waals surface area (Å²) < 4.78 is 0. The highest BCUT2D eigenvalue weighted by atomic mass is 35.5. The van der Waals surface area contributed by atoms with Gasteiger partial charge in [0.1, 0.15) is 5.75 Å². The molecule has 1 saturated heterocycles. The van der Waals surface area contributed by atoms with Gasteiger partial charge in [-0.15, -0.1) is 11.6 Å². The molecule has 1 aliphatic rings. The lowest BCUT2D eigenvalue weighted by molar-refractivity contribution is 0.0697. The van der Waals surface area contributed by atoms with Crippen LogP contribution in [0.15, 0.2) is 18.2 Å². The van der Waals surface area contributed by atoms with Gasteiger partial charge in [-0.1, -0.05) is 24.5 Å². The zero-order valence-electron chi connectivity index (χ0n) is 11.2. The van der Waals surface area contributed by atoms with E-state index in [2.05, 4.69) is 0 Å². The zero-order chi connectivity index (χ0) is 13.8. The van der Waals surface area contributed by atoms with Gasteiger partial charge in [-0.25, -0.2) is 0 Å². The van der Waals surface area contributed by atoms with Gasteiger partial charge >= 0.3 is 0 Å². The number of carbonyl (C=O) groups excluding carboxylic acids is 1. The normalized spacial score (nSPS) is 20.1. The molecule has 1 heterocycles. The number of hydrogen-bond acceptors (Lipinski definition) is 2. The lowest BCUT2D eigenvalue weighted by atomic mass is 10.1. The number of rotatable bonds is 2. The number of aryl methyl sites for hydroxylation is 1. The van der Waals surface area contributed by atoms with Gasteiger partial charge in [0, 0.05) is 18.5 Å². The van der Waals surface area contributed by atoms with E-state index in [1.807, 2.05) is 11.8 Å². The number of aromatic hydroxyl groups is 1. The van der Waals surface area contributed by atoms with E-state index >= 15 is 0 Å². The molecule has 0 aliphatic carbocycles. The van der Waals surface area contributed by atoms with Crippen molar-refractivity contribution in [3.05, 3.63) is 29.3 Å². The molecule has 3 nitrogen and oxygen atoms in total. The largest absolute Gasteiger partial charge is 0.507 e. The number of hydrogen-bond donors (Lipinski definition) is 1. The number of halogens is 1. The first-order chi connectivity index (χ1) is 9.13. The molecule has 1 aromatic rings. The second-order valence-corrected chi connectivity index (χ2v) is 5.49. The average Bonchev–Trinajstić information content (AvgIpc) is 2.65. The van der Waals surface area contributed by atoms with Crippen LogP contribution in [0, 0.1) is 6.92 Å². The number of carbonyl (C=O) groups is 1. The van der Waals surface area contributed by atoms with E-state index in [4.69, 9.17) is 11.6 Å². The maximum atomic E-state index is 12.6. The van der Waals surface area contributed by atoms with Crippen LogP contribution in [0.25, 0.3) is 0 Å². The Morgan fingerprint density at radius 1 is 1.42 bits per heavy atom. The molecule has 1 aromatic carbocycles. The highest BCUT2D eigenvalue weighted by Gasteiger charge is 2.27. The van der Waals surface area contributed by atoms with E-state index in [1.165, 1.54) is 0 Å². The standard InChI is InChI=1S/C15H20ClNO2/c1-11-6-7-14(18)13(9-11)15(19)17-8-4-2-3-5-12(17)10-16/h6-7,9,12,18H,2-5,8,10H2,1H3. The molecule has 4 heteroatoms. The second-order valence-electron chi connectivity index (χ2n) is 5.18. The van der Waals surface area contributed by atoms with Gasteiger partial charge in [-0.2, -0.15) is 0 Å². The van der Waals surface area contributed by atoms with Crippen molar-refractivity contribution >= 4 is 17.5 Å².